The number of nitrogens with zero attached hydrogens (tertiary/aromatic N) is 1. The zero-order chi connectivity index (χ0) is 14.5. The monoisotopic (exact) mass is 336 g/mol. The van der Waals surface area contributed by atoms with Crippen LogP contribution in [0.1, 0.15) is 5.56 Å². The first-order valence-electron chi connectivity index (χ1n) is 5.75. The summed E-state index contributed by atoms with van der Waals surface area (Å²) >= 11 is 3.34. The summed E-state index contributed by atoms with van der Waals surface area (Å²) in [7, 11) is 1.45. The number of halogens is 1. The van der Waals surface area contributed by atoms with Crippen molar-refractivity contribution in [3.05, 3.63) is 46.4 Å². The summed E-state index contributed by atoms with van der Waals surface area (Å²) < 4.78 is 0.758. The molecule has 0 aliphatic carbocycles. The Kier molecular flexibility index (Phi) is 4.60. The fourth-order valence-corrected chi connectivity index (χ4v) is 2.09. The Morgan fingerprint density at radius 2 is 2.00 bits per heavy atom. The summed E-state index contributed by atoms with van der Waals surface area (Å²) in [6.07, 6.45) is 1.47. The van der Waals surface area contributed by atoms with Gasteiger partial charge in [0.2, 0.25) is 0 Å². The number of aliphatic imine (C=N–C) groups is 1. The van der Waals surface area contributed by atoms with Crippen LogP contribution in [-0.2, 0) is 4.84 Å². The molecule has 0 saturated heterocycles. The van der Waals surface area contributed by atoms with Crippen LogP contribution in [0, 0.1) is 0 Å². The average Bonchev–Trinajstić information content (AvgIpc) is 2.42. The van der Waals surface area contributed by atoms with Crippen molar-refractivity contribution < 1.29 is 15.1 Å². The predicted molar refractivity (Wildman–Crippen MR) is 81.8 cm³/mol. The van der Waals surface area contributed by atoms with Gasteiger partial charge in [-0.25, -0.2) is 0 Å². The molecule has 3 N–H and O–H groups in total. The number of phenolic OH excluding ortho intramolecular Hbond substituents is 2. The Balaban J connectivity index is 2.36. The summed E-state index contributed by atoms with van der Waals surface area (Å²) in [5, 5.41) is 19.7. The largest absolute Gasteiger partial charge is 0.506 e. The van der Waals surface area contributed by atoms with Gasteiger partial charge in [-0.3, -0.25) is 15.3 Å². The molecule has 0 aromatic heterocycles. The van der Waals surface area contributed by atoms with Gasteiger partial charge >= 0.3 is 0 Å². The Labute approximate surface area is 124 Å². The van der Waals surface area contributed by atoms with Crippen LogP contribution in [0.4, 0.5) is 11.4 Å². The van der Waals surface area contributed by atoms with E-state index in [1.165, 1.54) is 13.3 Å². The van der Waals surface area contributed by atoms with Crippen molar-refractivity contribution in [3.8, 4) is 11.5 Å². The van der Waals surface area contributed by atoms with Crippen LogP contribution in [0.5, 0.6) is 11.5 Å². The quantitative estimate of drug-likeness (QED) is 0.453. The summed E-state index contributed by atoms with van der Waals surface area (Å²) in [5.41, 5.74) is 3.91. The van der Waals surface area contributed by atoms with Gasteiger partial charge in [-0.15, -0.1) is 0 Å². The van der Waals surface area contributed by atoms with Crippen molar-refractivity contribution in [3.63, 3.8) is 0 Å². The Morgan fingerprint density at radius 1 is 1.25 bits per heavy atom. The van der Waals surface area contributed by atoms with Gasteiger partial charge in [-0.05, 0) is 24.3 Å². The first kappa shape index (κ1) is 14.4. The summed E-state index contributed by atoms with van der Waals surface area (Å²) in [5.74, 6) is 0.0858. The van der Waals surface area contributed by atoms with E-state index in [1.807, 2.05) is 0 Å². The average molecular weight is 337 g/mol. The first-order chi connectivity index (χ1) is 9.61. The maximum atomic E-state index is 10.1. The van der Waals surface area contributed by atoms with Gasteiger partial charge in [0.05, 0.1) is 7.11 Å². The fourth-order valence-electron chi connectivity index (χ4n) is 1.62. The van der Waals surface area contributed by atoms with Crippen LogP contribution in [0.25, 0.3) is 0 Å². The minimum Gasteiger partial charge on any atom is -0.506 e. The molecule has 0 aliphatic heterocycles. The van der Waals surface area contributed by atoms with Crippen LogP contribution in [-0.4, -0.2) is 23.5 Å². The molecule has 0 atom stereocenters. The fraction of sp³-hybridized carbons (Fsp3) is 0.0714. The molecule has 104 valence electrons. The SMILES string of the molecule is CONc1cc(Br)cc(C=Nc2ccccc2O)c1O. The second-order valence-corrected chi connectivity index (χ2v) is 4.86. The van der Waals surface area contributed by atoms with Gasteiger partial charge in [0.15, 0.2) is 0 Å². The van der Waals surface area contributed by atoms with Crippen LogP contribution < -0.4 is 5.48 Å². The summed E-state index contributed by atoms with van der Waals surface area (Å²) in [6.45, 7) is 0. The third kappa shape index (κ3) is 3.28. The number of nitrogens with one attached hydrogen (secondary N) is 1. The van der Waals surface area contributed by atoms with Gasteiger partial charge in [0, 0.05) is 16.3 Å². The molecule has 0 bridgehead atoms. The van der Waals surface area contributed by atoms with Crippen LogP contribution >= 0.6 is 15.9 Å². The highest BCUT2D eigenvalue weighted by Crippen LogP contribution is 2.32. The van der Waals surface area contributed by atoms with Gasteiger partial charge in [0.1, 0.15) is 22.9 Å². The molecule has 0 heterocycles. The number of hydrogen-bond acceptors (Lipinski definition) is 5. The number of benzene rings is 2. The molecule has 0 spiro atoms. The van der Waals surface area contributed by atoms with Crippen LogP contribution in [0.3, 0.4) is 0 Å². The first-order valence-corrected chi connectivity index (χ1v) is 6.54. The Hall–Kier alpha value is -2.05. The molecule has 0 fully saturated rings. The van der Waals surface area contributed by atoms with Crippen molar-refractivity contribution in [2.24, 2.45) is 4.99 Å². The molecule has 0 saturated carbocycles. The number of hydrogen-bond donors (Lipinski definition) is 3. The van der Waals surface area contributed by atoms with Crippen molar-refractivity contribution >= 4 is 33.5 Å². The lowest BCUT2D eigenvalue weighted by atomic mass is 10.2. The highest BCUT2D eigenvalue weighted by Gasteiger charge is 2.08. The van der Waals surface area contributed by atoms with E-state index < -0.39 is 0 Å². The van der Waals surface area contributed by atoms with Crippen molar-refractivity contribution in [1.82, 2.24) is 0 Å². The predicted octanol–water partition coefficient (Wildman–Crippen LogP) is 3.58. The molecule has 5 nitrogen and oxygen atoms in total. The summed E-state index contributed by atoms with van der Waals surface area (Å²) in [6, 6.07) is 10.1. The smallest absolute Gasteiger partial charge is 0.149 e. The van der Waals surface area contributed by atoms with E-state index in [2.05, 4.69) is 26.4 Å². The number of rotatable bonds is 4. The molecule has 0 amide bonds. The van der Waals surface area contributed by atoms with E-state index in [-0.39, 0.29) is 11.5 Å². The van der Waals surface area contributed by atoms with Gasteiger partial charge in [-0.1, -0.05) is 28.1 Å². The lowest BCUT2D eigenvalue weighted by Crippen LogP contribution is -1.97. The number of phenols is 2. The van der Waals surface area contributed by atoms with Crippen LogP contribution in [0.15, 0.2) is 45.9 Å². The molecule has 0 unspecified atom stereocenters. The highest BCUT2D eigenvalue weighted by molar-refractivity contribution is 9.10. The van der Waals surface area contributed by atoms with E-state index in [0.717, 1.165) is 4.47 Å². The topological polar surface area (TPSA) is 74.1 Å². The molecule has 0 aliphatic rings. The molecule has 20 heavy (non-hydrogen) atoms. The minimum absolute atomic E-state index is 0.00854. The third-order valence-electron chi connectivity index (χ3n) is 2.54. The van der Waals surface area contributed by atoms with E-state index in [9.17, 15) is 10.2 Å². The third-order valence-corrected chi connectivity index (χ3v) is 3.00. The maximum Gasteiger partial charge on any atom is 0.149 e. The van der Waals surface area contributed by atoms with Crippen molar-refractivity contribution in [2.75, 3.05) is 12.6 Å². The highest BCUT2D eigenvalue weighted by atomic mass is 79.9. The Bertz CT molecular complexity index is 644. The van der Waals surface area contributed by atoms with E-state index in [1.54, 1.807) is 36.4 Å². The number of aromatic hydroxyl groups is 2. The van der Waals surface area contributed by atoms with Gasteiger partial charge in [-0.2, -0.15) is 0 Å². The summed E-state index contributed by atoms with van der Waals surface area (Å²) in [4.78, 5) is 8.94. The molecular formula is C14H13BrN2O3. The van der Waals surface area contributed by atoms with Crippen LogP contribution in [0.2, 0.25) is 0 Å². The van der Waals surface area contributed by atoms with E-state index in [0.29, 0.717) is 16.9 Å². The zero-order valence-corrected chi connectivity index (χ0v) is 12.3. The maximum absolute atomic E-state index is 10.1. The Morgan fingerprint density at radius 3 is 2.70 bits per heavy atom. The lowest BCUT2D eigenvalue weighted by molar-refractivity contribution is 0.268. The molecule has 2 aromatic carbocycles. The van der Waals surface area contributed by atoms with Crippen molar-refractivity contribution in [1.29, 1.82) is 0 Å². The normalized spacial score (nSPS) is 10.9. The van der Waals surface area contributed by atoms with E-state index >= 15 is 0 Å². The second-order valence-electron chi connectivity index (χ2n) is 3.94. The molecule has 2 rings (SSSR count). The number of para-hydroxylation sites is 2. The lowest BCUT2D eigenvalue weighted by Gasteiger charge is -2.09. The molecule has 6 heteroatoms. The van der Waals surface area contributed by atoms with E-state index in [4.69, 9.17) is 4.84 Å². The zero-order valence-electron chi connectivity index (χ0n) is 10.7. The second kappa shape index (κ2) is 6.40. The minimum atomic E-state index is 0.00854. The number of anilines is 1. The van der Waals surface area contributed by atoms with Gasteiger partial charge in [0.25, 0.3) is 0 Å². The molecular weight excluding hydrogens is 324 g/mol. The standard InChI is InChI=1S/C14H13BrN2O3/c1-20-17-12-7-10(15)6-9(14(12)19)8-16-11-4-2-3-5-13(11)18/h2-8,17-19H,1H3. The molecule has 0 radical (unpaired) electrons. The van der Waals surface area contributed by atoms with Gasteiger partial charge < -0.3 is 10.2 Å². The van der Waals surface area contributed by atoms with Crippen molar-refractivity contribution in [2.45, 2.75) is 0 Å². The molecule has 2 aromatic rings.